The van der Waals surface area contributed by atoms with E-state index in [1.807, 2.05) is 12.1 Å². The largest absolute Gasteiger partial charge is 0.508 e. The summed E-state index contributed by atoms with van der Waals surface area (Å²) in [6.45, 7) is 2.94. The topological polar surface area (TPSA) is 32.3 Å². The average molecular weight is 255 g/mol. The molecule has 0 amide bonds. The van der Waals surface area contributed by atoms with Gasteiger partial charge in [0.2, 0.25) is 0 Å². The fourth-order valence-electron chi connectivity index (χ4n) is 2.04. The van der Waals surface area contributed by atoms with E-state index >= 15 is 0 Å². The number of unbranched alkanes of at least 4 members (excludes halogenated alkanes) is 1. The number of benzene rings is 2. The molecule has 0 aliphatic carbocycles. The summed E-state index contributed by atoms with van der Waals surface area (Å²) in [7, 11) is 0. The molecule has 0 unspecified atom stereocenters. The Morgan fingerprint density at radius 3 is 2.47 bits per heavy atom. The number of nitrogens with one attached hydrogen (secondary N) is 1. The van der Waals surface area contributed by atoms with Gasteiger partial charge in [0.1, 0.15) is 5.75 Å². The Bertz CT molecular complexity index is 505. The van der Waals surface area contributed by atoms with Crippen LogP contribution < -0.4 is 5.32 Å². The number of rotatable bonds is 6. The zero-order valence-electron chi connectivity index (χ0n) is 11.4. The van der Waals surface area contributed by atoms with E-state index < -0.39 is 0 Å². The van der Waals surface area contributed by atoms with E-state index in [2.05, 4.69) is 36.5 Å². The third-order valence-electron chi connectivity index (χ3n) is 3.18. The number of phenols is 1. The van der Waals surface area contributed by atoms with Crippen LogP contribution in [0.5, 0.6) is 5.75 Å². The number of aryl methyl sites for hydroxylation is 1. The Morgan fingerprint density at radius 1 is 1.00 bits per heavy atom. The van der Waals surface area contributed by atoms with Gasteiger partial charge in [-0.05, 0) is 48.2 Å². The lowest BCUT2D eigenvalue weighted by atomic mass is 10.1. The molecule has 2 nitrogen and oxygen atoms in total. The molecule has 2 rings (SSSR count). The third kappa shape index (κ3) is 4.32. The van der Waals surface area contributed by atoms with Crippen molar-refractivity contribution in [1.29, 1.82) is 0 Å². The molecule has 0 saturated carbocycles. The zero-order valence-corrected chi connectivity index (χ0v) is 11.4. The van der Waals surface area contributed by atoms with Gasteiger partial charge in [-0.15, -0.1) is 0 Å². The molecule has 0 spiro atoms. The number of hydrogen-bond acceptors (Lipinski definition) is 2. The molecule has 2 aromatic carbocycles. The van der Waals surface area contributed by atoms with Crippen molar-refractivity contribution in [2.24, 2.45) is 0 Å². The monoisotopic (exact) mass is 255 g/mol. The van der Waals surface area contributed by atoms with E-state index in [9.17, 15) is 5.11 Å². The van der Waals surface area contributed by atoms with Gasteiger partial charge in [0.25, 0.3) is 0 Å². The summed E-state index contributed by atoms with van der Waals surface area (Å²) in [6, 6.07) is 15.9. The van der Waals surface area contributed by atoms with Crippen LogP contribution in [0.15, 0.2) is 48.5 Å². The molecule has 0 heterocycles. The number of anilines is 1. The fourth-order valence-corrected chi connectivity index (χ4v) is 2.04. The minimum atomic E-state index is 0.314. The molecule has 0 aliphatic rings. The Kier molecular flexibility index (Phi) is 4.85. The molecule has 0 radical (unpaired) electrons. The van der Waals surface area contributed by atoms with Crippen molar-refractivity contribution in [3.63, 3.8) is 0 Å². The second kappa shape index (κ2) is 6.83. The first-order valence-corrected chi connectivity index (χ1v) is 6.88. The third-order valence-corrected chi connectivity index (χ3v) is 3.18. The van der Waals surface area contributed by atoms with Gasteiger partial charge in [0.05, 0.1) is 0 Å². The van der Waals surface area contributed by atoms with Gasteiger partial charge in [-0.25, -0.2) is 0 Å². The SMILES string of the molecule is CCCCc1ccc(NCc2cccc(O)c2)cc1. The normalized spacial score (nSPS) is 10.4. The summed E-state index contributed by atoms with van der Waals surface area (Å²) in [5, 5.41) is 12.8. The maximum absolute atomic E-state index is 9.40. The van der Waals surface area contributed by atoms with Crippen molar-refractivity contribution in [1.82, 2.24) is 0 Å². The molecule has 2 heteroatoms. The predicted octanol–water partition coefficient (Wildman–Crippen LogP) is 4.35. The van der Waals surface area contributed by atoms with Crippen molar-refractivity contribution >= 4 is 5.69 Å². The maximum atomic E-state index is 9.40. The summed E-state index contributed by atoms with van der Waals surface area (Å²) in [6.07, 6.45) is 3.64. The summed E-state index contributed by atoms with van der Waals surface area (Å²) in [5.74, 6) is 0.314. The van der Waals surface area contributed by atoms with Gasteiger partial charge >= 0.3 is 0 Å². The first kappa shape index (κ1) is 13.5. The van der Waals surface area contributed by atoms with Crippen LogP contribution in [0.4, 0.5) is 5.69 Å². The molecule has 0 aromatic heterocycles. The van der Waals surface area contributed by atoms with Gasteiger partial charge in [-0.3, -0.25) is 0 Å². The second-order valence-corrected chi connectivity index (χ2v) is 4.82. The van der Waals surface area contributed by atoms with E-state index in [1.54, 1.807) is 12.1 Å². The first-order chi connectivity index (χ1) is 9.28. The molecule has 2 aromatic rings. The Labute approximate surface area is 115 Å². The molecule has 2 N–H and O–H groups in total. The van der Waals surface area contributed by atoms with Crippen molar-refractivity contribution in [3.05, 3.63) is 59.7 Å². The Balaban J connectivity index is 1.89. The van der Waals surface area contributed by atoms with E-state index in [1.165, 1.54) is 18.4 Å². The quantitative estimate of drug-likeness (QED) is 0.804. The zero-order chi connectivity index (χ0) is 13.5. The predicted molar refractivity (Wildman–Crippen MR) is 80.5 cm³/mol. The molecule has 19 heavy (non-hydrogen) atoms. The van der Waals surface area contributed by atoms with Gasteiger partial charge in [-0.1, -0.05) is 37.6 Å². The number of aromatic hydroxyl groups is 1. The minimum absolute atomic E-state index is 0.314. The van der Waals surface area contributed by atoms with Crippen LogP contribution in [0, 0.1) is 0 Å². The van der Waals surface area contributed by atoms with Crippen molar-refractivity contribution in [3.8, 4) is 5.75 Å². The molecular formula is C17H21NO. The summed E-state index contributed by atoms with van der Waals surface area (Å²) in [5.41, 5.74) is 3.59. The van der Waals surface area contributed by atoms with Crippen LogP contribution in [0.1, 0.15) is 30.9 Å². The summed E-state index contributed by atoms with van der Waals surface area (Å²) in [4.78, 5) is 0. The lowest BCUT2D eigenvalue weighted by Crippen LogP contribution is -1.99. The number of phenolic OH excluding ortho intramolecular Hbond substituents is 1. The molecular weight excluding hydrogens is 234 g/mol. The van der Waals surface area contributed by atoms with Crippen LogP contribution in [0.2, 0.25) is 0 Å². The summed E-state index contributed by atoms with van der Waals surface area (Å²) < 4.78 is 0. The maximum Gasteiger partial charge on any atom is 0.115 e. The fraction of sp³-hybridized carbons (Fsp3) is 0.294. The van der Waals surface area contributed by atoms with Gasteiger partial charge in [0.15, 0.2) is 0 Å². The van der Waals surface area contributed by atoms with E-state index in [0.29, 0.717) is 5.75 Å². The molecule has 0 bridgehead atoms. The van der Waals surface area contributed by atoms with E-state index in [4.69, 9.17) is 0 Å². The highest BCUT2D eigenvalue weighted by atomic mass is 16.3. The highest BCUT2D eigenvalue weighted by molar-refractivity contribution is 5.45. The molecule has 0 aliphatic heterocycles. The van der Waals surface area contributed by atoms with Crippen molar-refractivity contribution in [2.75, 3.05) is 5.32 Å². The standard InChI is InChI=1S/C17H21NO/c1-2-3-5-14-8-10-16(11-9-14)18-13-15-6-4-7-17(19)12-15/h4,6-12,18-19H,2-3,5,13H2,1H3. The Morgan fingerprint density at radius 2 is 1.79 bits per heavy atom. The Hall–Kier alpha value is -1.96. The summed E-state index contributed by atoms with van der Waals surface area (Å²) >= 11 is 0. The van der Waals surface area contributed by atoms with Crippen LogP contribution in [-0.4, -0.2) is 5.11 Å². The highest BCUT2D eigenvalue weighted by Gasteiger charge is 1.97. The van der Waals surface area contributed by atoms with Crippen molar-refractivity contribution < 1.29 is 5.11 Å². The smallest absolute Gasteiger partial charge is 0.115 e. The van der Waals surface area contributed by atoms with Crippen LogP contribution >= 0.6 is 0 Å². The molecule has 0 fully saturated rings. The molecule has 0 saturated heterocycles. The highest BCUT2D eigenvalue weighted by Crippen LogP contribution is 2.15. The van der Waals surface area contributed by atoms with Crippen LogP contribution in [0.25, 0.3) is 0 Å². The average Bonchev–Trinajstić information content (AvgIpc) is 2.44. The molecule has 100 valence electrons. The van der Waals surface area contributed by atoms with Gasteiger partial charge in [0, 0.05) is 12.2 Å². The number of hydrogen-bond donors (Lipinski definition) is 2. The van der Waals surface area contributed by atoms with Crippen LogP contribution in [-0.2, 0) is 13.0 Å². The first-order valence-electron chi connectivity index (χ1n) is 6.88. The van der Waals surface area contributed by atoms with Gasteiger partial charge in [-0.2, -0.15) is 0 Å². The van der Waals surface area contributed by atoms with E-state index in [0.717, 1.165) is 24.2 Å². The second-order valence-electron chi connectivity index (χ2n) is 4.82. The lowest BCUT2D eigenvalue weighted by molar-refractivity contribution is 0.474. The lowest BCUT2D eigenvalue weighted by Gasteiger charge is -2.08. The minimum Gasteiger partial charge on any atom is -0.508 e. The van der Waals surface area contributed by atoms with Crippen molar-refractivity contribution in [2.45, 2.75) is 32.7 Å². The van der Waals surface area contributed by atoms with Crippen LogP contribution in [0.3, 0.4) is 0 Å². The van der Waals surface area contributed by atoms with Gasteiger partial charge < -0.3 is 10.4 Å². The molecule has 0 atom stereocenters. The van der Waals surface area contributed by atoms with E-state index in [-0.39, 0.29) is 0 Å².